The number of hydrazone groups is 1. The molecule has 0 saturated carbocycles. The Kier molecular flexibility index (Phi) is 3.97. The Morgan fingerprint density at radius 2 is 2.13 bits per heavy atom. The van der Waals surface area contributed by atoms with E-state index in [2.05, 4.69) is 10.1 Å². The Hall–Kier alpha value is -2.89. The van der Waals surface area contributed by atoms with Crippen LogP contribution >= 0.6 is 0 Å². The van der Waals surface area contributed by atoms with Crippen LogP contribution in [0.25, 0.3) is 0 Å². The zero-order valence-electron chi connectivity index (χ0n) is 12.9. The number of methoxy groups -OCH3 is 1. The van der Waals surface area contributed by atoms with Crippen molar-refractivity contribution in [1.29, 1.82) is 0 Å². The summed E-state index contributed by atoms with van der Waals surface area (Å²) in [5, 5.41) is 15.8. The van der Waals surface area contributed by atoms with Crippen molar-refractivity contribution in [2.24, 2.45) is 11.0 Å². The molecule has 2 unspecified atom stereocenters. The van der Waals surface area contributed by atoms with E-state index < -0.39 is 17.9 Å². The zero-order chi connectivity index (χ0) is 16.4. The van der Waals surface area contributed by atoms with Crippen molar-refractivity contribution in [2.45, 2.75) is 13.0 Å². The van der Waals surface area contributed by atoms with Crippen LogP contribution in [0, 0.1) is 5.92 Å². The molecule has 1 aromatic carbocycles. The number of ether oxygens (including phenoxy) is 1. The number of aliphatic carboxylic acids is 1. The van der Waals surface area contributed by atoms with Crippen LogP contribution in [0.3, 0.4) is 0 Å². The maximum absolute atomic E-state index is 11.7. The first-order valence-corrected chi connectivity index (χ1v) is 7.23. The molecule has 1 aromatic heterocycles. The maximum Gasteiger partial charge on any atom is 0.314 e. The molecule has 3 rings (SSSR count). The molecule has 0 fully saturated rings. The van der Waals surface area contributed by atoms with Crippen LogP contribution in [-0.2, 0) is 4.79 Å². The number of pyridine rings is 1. The van der Waals surface area contributed by atoms with E-state index in [4.69, 9.17) is 4.74 Å². The number of nitrogens with zero attached hydrogens (tertiary/aromatic N) is 3. The van der Waals surface area contributed by atoms with Gasteiger partial charge in [-0.25, -0.2) is 0 Å². The second-order valence-electron chi connectivity index (χ2n) is 5.33. The van der Waals surface area contributed by atoms with Gasteiger partial charge in [-0.3, -0.25) is 14.8 Å². The van der Waals surface area contributed by atoms with E-state index in [0.717, 1.165) is 11.3 Å². The van der Waals surface area contributed by atoms with Crippen LogP contribution in [0.4, 0.5) is 5.69 Å². The lowest BCUT2D eigenvalue weighted by molar-refractivity contribution is -0.139. The van der Waals surface area contributed by atoms with E-state index in [0.29, 0.717) is 11.5 Å². The quantitative estimate of drug-likeness (QED) is 0.939. The first-order valence-electron chi connectivity index (χ1n) is 7.23. The molecule has 0 spiro atoms. The third-order valence-corrected chi connectivity index (χ3v) is 3.90. The van der Waals surface area contributed by atoms with Crippen molar-refractivity contribution in [2.75, 3.05) is 12.1 Å². The summed E-state index contributed by atoms with van der Waals surface area (Å²) in [6.45, 7) is 1.74. The highest BCUT2D eigenvalue weighted by Crippen LogP contribution is 2.39. The molecule has 2 heterocycles. The van der Waals surface area contributed by atoms with E-state index >= 15 is 0 Å². The van der Waals surface area contributed by atoms with Crippen LogP contribution in [0.1, 0.15) is 18.5 Å². The lowest BCUT2D eigenvalue weighted by Gasteiger charge is -2.26. The van der Waals surface area contributed by atoms with Gasteiger partial charge < -0.3 is 9.84 Å². The molecule has 0 bridgehead atoms. The summed E-state index contributed by atoms with van der Waals surface area (Å²) in [6, 6.07) is 10.6. The highest BCUT2D eigenvalue weighted by molar-refractivity contribution is 6.03. The predicted octanol–water partition coefficient (Wildman–Crippen LogP) is 2.73. The second kappa shape index (κ2) is 6.08. The Balaban J connectivity index is 2.08. The number of hydrogen-bond acceptors (Lipinski definition) is 5. The first kappa shape index (κ1) is 15.0. The van der Waals surface area contributed by atoms with Crippen LogP contribution in [-0.4, -0.2) is 28.9 Å². The van der Waals surface area contributed by atoms with E-state index in [1.807, 2.05) is 30.3 Å². The van der Waals surface area contributed by atoms with Crippen molar-refractivity contribution >= 4 is 17.4 Å². The van der Waals surface area contributed by atoms with Gasteiger partial charge in [0.25, 0.3) is 0 Å². The highest BCUT2D eigenvalue weighted by Gasteiger charge is 2.42. The van der Waals surface area contributed by atoms with Gasteiger partial charge in [0, 0.05) is 18.5 Å². The number of rotatable bonds is 4. The van der Waals surface area contributed by atoms with Crippen molar-refractivity contribution in [3.8, 4) is 5.75 Å². The first-order chi connectivity index (χ1) is 11.1. The minimum atomic E-state index is -0.898. The van der Waals surface area contributed by atoms with E-state index in [1.54, 1.807) is 37.5 Å². The number of carboxylic acid groups (broad SMARTS) is 1. The average molecular weight is 311 g/mol. The van der Waals surface area contributed by atoms with E-state index in [1.165, 1.54) is 0 Å². The molecular formula is C17H17N3O3. The number of benzene rings is 1. The fraction of sp³-hybridized carbons (Fsp3) is 0.235. The lowest BCUT2D eigenvalue weighted by Crippen LogP contribution is -2.30. The van der Waals surface area contributed by atoms with Crippen molar-refractivity contribution in [1.82, 2.24) is 4.98 Å². The van der Waals surface area contributed by atoms with Gasteiger partial charge >= 0.3 is 5.97 Å². The summed E-state index contributed by atoms with van der Waals surface area (Å²) in [5.74, 6) is -0.921. The van der Waals surface area contributed by atoms with Crippen LogP contribution < -0.4 is 9.75 Å². The molecule has 118 valence electrons. The van der Waals surface area contributed by atoms with Gasteiger partial charge in [0.05, 0.1) is 24.6 Å². The van der Waals surface area contributed by atoms with Crippen molar-refractivity contribution < 1.29 is 14.6 Å². The summed E-state index contributed by atoms with van der Waals surface area (Å²) in [5.41, 5.74) is 2.15. The molecule has 6 heteroatoms. The molecule has 6 nitrogen and oxygen atoms in total. The molecule has 0 saturated heterocycles. The molecule has 2 aromatic rings. The third-order valence-electron chi connectivity index (χ3n) is 3.90. The van der Waals surface area contributed by atoms with Gasteiger partial charge in [-0.05, 0) is 30.7 Å². The minimum Gasteiger partial charge on any atom is -0.497 e. The normalized spacial score (nSPS) is 20.3. The topological polar surface area (TPSA) is 75.0 Å². The van der Waals surface area contributed by atoms with Gasteiger partial charge in [0.15, 0.2) is 0 Å². The largest absolute Gasteiger partial charge is 0.497 e. The number of hydrogen-bond donors (Lipinski definition) is 1. The Bertz CT molecular complexity index is 746. The standard InChI is InChI=1S/C17H17N3O3/c1-11-15(17(21)22)16(12-5-4-8-18-10-12)20(19-11)13-6-3-7-14(9-13)23-2/h3-10,15-16H,1-2H3,(H,21,22). The summed E-state index contributed by atoms with van der Waals surface area (Å²) in [4.78, 5) is 15.9. The Morgan fingerprint density at radius 1 is 1.30 bits per heavy atom. The second-order valence-corrected chi connectivity index (χ2v) is 5.33. The van der Waals surface area contributed by atoms with Crippen molar-refractivity contribution in [3.63, 3.8) is 0 Å². The fourth-order valence-electron chi connectivity index (χ4n) is 2.83. The molecule has 2 atom stereocenters. The highest BCUT2D eigenvalue weighted by atomic mass is 16.5. The van der Waals surface area contributed by atoms with Gasteiger partial charge in [0.1, 0.15) is 11.7 Å². The predicted molar refractivity (Wildman–Crippen MR) is 86.7 cm³/mol. The van der Waals surface area contributed by atoms with Crippen LogP contribution in [0.15, 0.2) is 53.9 Å². The van der Waals surface area contributed by atoms with Gasteiger partial charge in [0.2, 0.25) is 0 Å². The van der Waals surface area contributed by atoms with E-state index in [-0.39, 0.29) is 0 Å². The Morgan fingerprint density at radius 3 is 2.78 bits per heavy atom. The molecule has 1 aliphatic heterocycles. The number of anilines is 1. The van der Waals surface area contributed by atoms with E-state index in [9.17, 15) is 9.90 Å². The lowest BCUT2D eigenvalue weighted by atomic mass is 9.91. The monoisotopic (exact) mass is 311 g/mol. The molecule has 1 N–H and O–H groups in total. The average Bonchev–Trinajstić information content (AvgIpc) is 2.93. The number of carbonyl (C=O) groups is 1. The molecule has 1 aliphatic rings. The van der Waals surface area contributed by atoms with Gasteiger partial charge in [-0.1, -0.05) is 12.1 Å². The van der Waals surface area contributed by atoms with Gasteiger partial charge in [-0.15, -0.1) is 0 Å². The molecule has 23 heavy (non-hydrogen) atoms. The summed E-state index contributed by atoms with van der Waals surface area (Å²) >= 11 is 0. The number of carboxylic acids is 1. The SMILES string of the molecule is COc1cccc(N2N=C(C)C(C(=O)O)C2c2cccnc2)c1. The Labute approximate surface area is 134 Å². The smallest absolute Gasteiger partial charge is 0.314 e. The van der Waals surface area contributed by atoms with Gasteiger partial charge in [-0.2, -0.15) is 5.10 Å². The van der Waals surface area contributed by atoms with Crippen LogP contribution in [0.2, 0.25) is 0 Å². The summed E-state index contributed by atoms with van der Waals surface area (Å²) in [7, 11) is 1.59. The zero-order valence-corrected chi connectivity index (χ0v) is 12.9. The van der Waals surface area contributed by atoms with Crippen LogP contribution in [0.5, 0.6) is 5.75 Å². The molecule has 0 radical (unpaired) electrons. The van der Waals surface area contributed by atoms with Crippen molar-refractivity contribution in [3.05, 3.63) is 54.4 Å². The summed E-state index contributed by atoms with van der Waals surface area (Å²) < 4.78 is 5.25. The fourth-order valence-corrected chi connectivity index (χ4v) is 2.83. The number of aromatic nitrogens is 1. The molecule has 0 aliphatic carbocycles. The molecule has 0 amide bonds. The third kappa shape index (κ3) is 2.75. The minimum absolute atomic E-state index is 0.437. The maximum atomic E-state index is 11.7. The summed E-state index contributed by atoms with van der Waals surface area (Å²) in [6.07, 6.45) is 3.35. The molecular weight excluding hydrogens is 294 g/mol.